The van der Waals surface area contributed by atoms with E-state index in [-0.39, 0.29) is 28.8 Å². The molecule has 116 valence electrons. The highest BCUT2D eigenvalue weighted by atomic mass is 15.1. The van der Waals surface area contributed by atoms with E-state index in [4.69, 9.17) is 5.73 Å². The molecule has 6 heteroatoms. The highest BCUT2D eigenvalue weighted by Crippen LogP contribution is 2.29. The maximum Gasteiger partial charge on any atom is 0.121 e. The van der Waals surface area contributed by atoms with Gasteiger partial charge in [-0.15, -0.1) is 0 Å². The predicted molar refractivity (Wildman–Crippen MR) is 88.7 cm³/mol. The van der Waals surface area contributed by atoms with Crippen LogP contribution in [0.5, 0.6) is 0 Å². The molecule has 6 nitrogen and oxygen atoms in total. The molecule has 1 aromatic rings. The number of anilines is 1. The predicted octanol–water partition coefficient (Wildman–Crippen LogP) is 3.12. The van der Waals surface area contributed by atoms with Crippen molar-refractivity contribution < 1.29 is 0 Å². The van der Waals surface area contributed by atoms with Crippen LogP contribution in [-0.2, 0) is 0 Å². The SMILES string of the molecule is CC1C=C(N(C)C)C=CC1N=Nc1c(C#N)cc(N)cc1C#N. The molecule has 1 aliphatic carbocycles. The van der Waals surface area contributed by atoms with E-state index in [0.29, 0.717) is 5.69 Å². The van der Waals surface area contributed by atoms with Gasteiger partial charge in [0, 0.05) is 31.4 Å². The van der Waals surface area contributed by atoms with Crippen LogP contribution in [0.2, 0.25) is 0 Å². The van der Waals surface area contributed by atoms with Crippen molar-refractivity contribution in [1.82, 2.24) is 4.90 Å². The topological polar surface area (TPSA) is 102 Å². The minimum atomic E-state index is -0.130. The van der Waals surface area contributed by atoms with Crippen LogP contribution in [0.3, 0.4) is 0 Å². The lowest BCUT2D eigenvalue weighted by atomic mass is 9.96. The molecule has 2 atom stereocenters. The first kappa shape index (κ1) is 16.3. The van der Waals surface area contributed by atoms with Crippen molar-refractivity contribution in [3.63, 3.8) is 0 Å². The van der Waals surface area contributed by atoms with Crippen LogP contribution in [0.1, 0.15) is 18.1 Å². The summed E-state index contributed by atoms with van der Waals surface area (Å²) in [6.07, 6.45) is 6.07. The Morgan fingerprint density at radius 1 is 1.17 bits per heavy atom. The number of allylic oxidation sites excluding steroid dienone is 1. The maximum atomic E-state index is 9.20. The largest absolute Gasteiger partial charge is 0.399 e. The highest BCUT2D eigenvalue weighted by molar-refractivity contribution is 5.68. The van der Waals surface area contributed by atoms with E-state index in [1.165, 1.54) is 12.1 Å². The van der Waals surface area contributed by atoms with Crippen molar-refractivity contribution in [3.8, 4) is 12.1 Å². The standard InChI is InChI=1S/C17H18N6/c1-11-6-15(23(2)3)4-5-16(11)21-22-17-12(9-18)7-14(20)8-13(17)10-19/h4-8,11,16H,20H2,1-3H3. The number of nitriles is 2. The molecule has 2 rings (SSSR count). The normalized spacial score (nSPS) is 20.0. The number of nitrogen functional groups attached to an aromatic ring is 1. The lowest BCUT2D eigenvalue weighted by molar-refractivity contribution is 0.499. The molecule has 2 N–H and O–H groups in total. The number of nitrogens with zero attached hydrogens (tertiary/aromatic N) is 5. The molecule has 0 aromatic heterocycles. The van der Waals surface area contributed by atoms with Crippen LogP contribution in [0.25, 0.3) is 0 Å². The van der Waals surface area contributed by atoms with Gasteiger partial charge in [-0.1, -0.05) is 19.1 Å². The van der Waals surface area contributed by atoms with Gasteiger partial charge in [0.05, 0.1) is 17.2 Å². The fraction of sp³-hybridized carbons (Fsp3) is 0.294. The summed E-state index contributed by atoms with van der Waals surface area (Å²) in [7, 11) is 3.97. The Kier molecular flexibility index (Phi) is 4.78. The molecule has 0 radical (unpaired) electrons. The summed E-state index contributed by atoms with van der Waals surface area (Å²) < 4.78 is 0. The monoisotopic (exact) mass is 306 g/mol. The lowest BCUT2D eigenvalue weighted by Gasteiger charge is -2.23. The smallest absolute Gasteiger partial charge is 0.121 e. The van der Waals surface area contributed by atoms with Gasteiger partial charge >= 0.3 is 0 Å². The average Bonchev–Trinajstić information content (AvgIpc) is 2.53. The van der Waals surface area contributed by atoms with Gasteiger partial charge in [-0.25, -0.2) is 0 Å². The maximum absolute atomic E-state index is 9.20. The highest BCUT2D eigenvalue weighted by Gasteiger charge is 2.18. The molecule has 0 saturated carbocycles. The Bertz CT molecular complexity index is 738. The summed E-state index contributed by atoms with van der Waals surface area (Å²) in [6.45, 7) is 2.05. The summed E-state index contributed by atoms with van der Waals surface area (Å²) >= 11 is 0. The molecule has 0 spiro atoms. The third kappa shape index (κ3) is 3.56. The molecular formula is C17H18N6. The van der Waals surface area contributed by atoms with Crippen molar-refractivity contribution >= 4 is 11.4 Å². The molecule has 0 aliphatic heterocycles. The van der Waals surface area contributed by atoms with E-state index in [1.807, 2.05) is 43.3 Å². The number of hydrogen-bond acceptors (Lipinski definition) is 6. The van der Waals surface area contributed by atoms with Crippen molar-refractivity contribution in [2.75, 3.05) is 19.8 Å². The van der Waals surface area contributed by atoms with E-state index >= 15 is 0 Å². The zero-order chi connectivity index (χ0) is 17.0. The molecule has 2 unspecified atom stereocenters. The Morgan fingerprint density at radius 3 is 2.26 bits per heavy atom. The van der Waals surface area contributed by atoms with Gasteiger partial charge in [-0.05, 0) is 18.2 Å². The zero-order valence-corrected chi connectivity index (χ0v) is 13.4. The number of azo groups is 1. The minimum absolute atomic E-state index is 0.130. The summed E-state index contributed by atoms with van der Waals surface area (Å²) in [5, 5.41) is 26.9. The minimum Gasteiger partial charge on any atom is -0.399 e. The number of benzene rings is 1. The van der Waals surface area contributed by atoms with Gasteiger partial charge in [0.15, 0.2) is 0 Å². The third-order valence-corrected chi connectivity index (χ3v) is 3.62. The first-order chi connectivity index (χ1) is 11.0. The Balaban J connectivity index is 2.31. The Labute approximate surface area is 135 Å². The van der Waals surface area contributed by atoms with Gasteiger partial charge in [0.2, 0.25) is 0 Å². The molecular weight excluding hydrogens is 288 g/mol. The van der Waals surface area contributed by atoms with Gasteiger partial charge in [-0.2, -0.15) is 20.8 Å². The number of nitrogens with two attached hydrogens (primary N) is 1. The molecule has 0 amide bonds. The van der Waals surface area contributed by atoms with Crippen molar-refractivity contribution in [2.45, 2.75) is 13.0 Å². The lowest BCUT2D eigenvalue weighted by Crippen LogP contribution is -2.19. The van der Waals surface area contributed by atoms with E-state index in [9.17, 15) is 10.5 Å². The van der Waals surface area contributed by atoms with Crippen LogP contribution >= 0.6 is 0 Å². The van der Waals surface area contributed by atoms with Gasteiger partial charge in [0.25, 0.3) is 0 Å². The Hall–Kier alpha value is -3.12. The third-order valence-electron chi connectivity index (χ3n) is 3.62. The fourth-order valence-corrected chi connectivity index (χ4v) is 2.30. The van der Waals surface area contributed by atoms with Crippen LogP contribution < -0.4 is 5.73 Å². The zero-order valence-electron chi connectivity index (χ0n) is 13.4. The molecule has 0 heterocycles. The molecule has 23 heavy (non-hydrogen) atoms. The van der Waals surface area contributed by atoms with E-state index in [0.717, 1.165) is 5.70 Å². The second-order valence-electron chi connectivity index (χ2n) is 5.60. The van der Waals surface area contributed by atoms with Crippen molar-refractivity contribution in [1.29, 1.82) is 10.5 Å². The van der Waals surface area contributed by atoms with Crippen LogP contribution in [0.15, 0.2) is 46.3 Å². The van der Waals surface area contributed by atoms with Crippen molar-refractivity contribution in [3.05, 3.63) is 47.2 Å². The first-order valence-corrected chi connectivity index (χ1v) is 7.18. The van der Waals surface area contributed by atoms with Crippen molar-refractivity contribution in [2.24, 2.45) is 16.1 Å². The first-order valence-electron chi connectivity index (χ1n) is 7.18. The molecule has 0 bridgehead atoms. The van der Waals surface area contributed by atoms with E-state index < -0.39 is 0 Å². The number of likely N-dealkylation sites (N-methyl/N-ethyl adjacent to an activating group) is 1. The quantitative estimate of drug-likeness (QED) is 0.684. The van der Waals surface area contributed by atoms with Crippen LogP contribution in [0.4, 0.5) is 11.4 Å². The fourth-order valence-electron chi connectivity index (χ4n) is 2.30. The van der Waals surface area contributed by atoms with Crippen LogP contribution in [0, 0.1) is 28.6 Å². The second-order valence-corrected chi connectivity index (χ2v) is 5.60. The molecule has 0 fully saturated rings. The van der Waals surface area contributed by atoms with E-state index in [2.05, 4.69) is 23.2 Å². The average molecular weight is 306 g/mol. The summed E-state index contributed by atoms with van der Waals surface area (Å²) in [6, 6.07) is 6.89. The Morgan fingerprint density at radius 2 is 1.78 bits per heavy atom. The van der Waals surface area contributed by atoms with E-state index in [1.54, 1.807) is 0 Å². The summed E-state index contributed by atoms with van der Waals surface area (Å²) in [5.41, 5.74) is 7.94. The summed E-state index contributed by atoms with van der Waals surface area (Å²) in [5.74, 6) is 0.172. The molecule has 1 aromatic carbocycles. The number of hydrogen-bond donors (Lipinski definition) is 1. The van der Waals surface area contributed by atoms with Gasteiger partial charge in [0.1, 0.15) is 17.8 Å². The number of rotatable bonds is 3. The van der Waals surface area contributed by atoms with Crippen LogP contribution in [-0.4, -0.2) is 25.0 Å². The van der Waals surface area contributed by atoms with Gasteiger partial charge in [-0.3, -0.25) is 0 Å². The molecule has 0 saturated heterocycles. The second kappa shape index (κ2) is 6.76. The van der Waals surface area contributed by atoms with Gasteiger partial charge < -0.3 is 10.6 Å². The molecule has 1 aliphatic rings. The summed E-state index contributed by atoms with van der Waals surface area (Å²) in [4.78, 5) is 2.03.